The van der Waals surface area contributed by atoms with Gasteiger partial charge in [-0.25, -0.2) is 13.6 Å². The lowest BCUT2D eigenvalue weighted by Crippen LogP contribution is -2.30. The van der Waals surface area contributed by atoms with E-state index in [1.807, 2.05) is 48.5 Å². The molecule has 5 rings (SSSR count). The number of halogens is 2. The van der Waals surface area contributed by atoms with Crippen LogP contribution in [0.4, 0.5) is 14.5 Å². The zero-order valence-corrected chi connectivity index (χ0v) is 20.8. The van der Waals surface area contributed by atoms with Gasteiger partial charge in [0.1, 0.15) is 11.7 Å². The number of amides is 1. The first-order chi connectivity index (χ1) is 18.4. The van der Waals surface area contributed by atoms with Crippen LogP contribution in [0.3, 0.4) is 0 Å². The molecule has 7 heteroatoms. The van der Waals surface area contributed by atoms with Crippen molar-refractivity contribution in [1.29, 1.82) is 0 Å². The lowest BCUT2D eigenvalue weighted by atomic mass is 9.97. The minimum absolute atomic E-state index is 0.0776. The van der Waals surface area contributed by atoms with Crippen molar-refractivity contribution >= 4 is 17.6 Å². The number of carbonyl (C=O) groups is 2. The Hall–Kier alpha value is -4.26. The molecule has 2 N–H and O–H groups in total. The summed E-state index contributed by atoms with van der Waals surface area (Å²) in [5, 5.41) is 12.1. The molecule has 0 fully saturated rings. The highest BCUT2D eigenvalue weighted by Gasteiger charge is 2.21. The number of rotatable bonds is 7. The minimum atomic E-state index is -0.954. The van der Waals surface area contributed by atoms with Crippen molar-refractivity contribution in [2.24, 2.45) is 0 Å². The van der Waals surface area contributed by atoms with Crippen LogP contribution in [-0.4, -0.2) is 30.1 Å². The van der Waals surface area contributed by atoms with Crippen LogP contribution >= 0.6 is 0 Å². The first-order valence-electron chi connectivity index (χ1n) is 12.7. The quantitative estimate of drug-likeness (QED) is 0.373. The van der Waals surface area contributed by atoms with Crippen LogP contribution in [0.2, 0.25) is 0 Å². The molecule has 0 saturated carbocycles. The van der Waals surface area contributed by atoms with Gasteiger partial charge in [0.05, 0.1) is 5.56 Å². The first kappa shape index (κ1) is 25.4. The Morgan fingerprint density at radius 2 is 1.76 bits per heavy atom. The van der Waals surface area contributed by atoms with E-state index < -0.39 is 17.6 Å². The summed E-state index contributed by atoms with van der Waals surface area (Å²) >= 11 is 0. The van der Waals surface area contributed by atoms with E-state index >= 15 is 0 Å². The Balaban J connectivity index is 1.28. The van der Waals surface area contributed by atoms with Crippen molar-refractivity contribution in [3.05, 3.63) is 112 Å². The van der Waals surface area contributed by atoms with Crippen LogP contribution < -0.4 is 10.2 Å². The highest BCUT2D eigenvalue weighted by Crippen LogP contribution is 2.31. The molecule has 1 amide bonds. The second kappa shape index (κ2) is 11.0. The Kier molecular flexibility index (Phi) is 7.36. The van der Waals surface area contributed by atoms with Crippen LogP contribution in [0.15, 0.2) is 90.0 Å². The molecule has 3 aromatic rings. The second-order valence-electron chi connectivity index (χ2n) is 9.57. The number of hydrogen-bond acceptors (Lipinski definition) is 3. The molecule has 0 radical (unpaired) electrons. The van der Waals surface area contributed by atoms with Crippen molar-refractivity contribution in [3.63, 3.8) is 0 Å². The van der Waals surface area contributed by atoms with E-state index in [2.05, 4.69) is 10.2 Å². The van der Waals surface area contributed by atoms with Gasteiger partial charge in [0.15, 0.2) is 0 Å². The normalized spacial score (nSPS) is 15.1. The van der Waals surface area contributed by atoms with Gasteiger partial charge in [-0.05, 0) is 71.9 Å². The number of benzene rings is 3. The molecule has 0 saturated heterocycles. The molecule has 0 spiro atoms. The minimum Gasteiger partial charge on any atom is -0.478 e. The summed E-state index contributed by atoms with van der Waals surface area (Å²) in [5.41, 5.74) is 5.40. The monoisotopic (exact) mass is 514 g/mol. The third-order valence-corrected chi connectivity index (χ3v) is 7.08. The highest BCUT2D eigenvalue weighted by molar-refractivity contribution is 5.96. The molecule has 1 heterocycles. The summed E-state index contributed by atoms with van der Waals surface area (Å²) in [6.07, 6.45) is 3.62. The van der Waals surface area contributed by atoms with Crippen LogP contribution in [0.5, 0.6) is 0 Å². The molecule has 0 aromatic heterocycles. The van der Waals surface area contributed by atoms with Crippen molar-refractivity contribution in [2.45, 2.75) is 32.2 Å². The molecular formula is C31H28F2N2O3. The highest BCUT2D eigenvalue weighted by atomic mass is 19.1. The average Bonchev–Trinajstić information content (AvgIpc) is 2.93. The maximum absolute atomic E-state index is 14.0. The zero-order chi connectivity index (χ0) is 26.6. The molecule has 0 bridgehead atoms. The third-order valence-electron chi connectivity index (χ3n) is 7.08. The molecule has 0 atom stereocenters. The van der Waals surface area contributed by atoms with E-state index in [0.29, 0.717) is 24.1 Å². The molecule has 38 heavy (non-hydrogen) atoms. The van der Waals surface area contributed by atoms with Crippen molar-refractivity contribution < 1.29 is 23.5 Å². The smallest absolute Gasteiger partial charge is 0.336 e. The van der Waals surface area contributed by atoms with Crippen molar-refractivity contribution in [3.8, 4) is 11.1 Å². The molecule has 0 unspecified atom stereocenters. The summed E-state index contributed by atoms with van der Waals surface area (Å²) in [5.74, 6) is -2.43. The molecule has 1 aliphatic carbocycles. The Morgan fingerprint density at radius 1 is 0.974 bits per heavy atom. The predicted octanol–water partition coefficient (Wildman–Crippen LogP) is 6.61. The number of anilines is 1. The standard InChI is InChI=1S/C31H28F2N2O3/c32-27-8-3-9-28(33)26(27)18-34-30(36)23-14-15-29-22(17-23)5-4-16-35(29)19-20-10-12-21(13-11-20)24-6-1-2-7-25(24)31(37)38/h1-2,6-8,10-15,17H,3-5,9,16,18-19H2,(H,34,36)(H,37,38). The number of allylic oxidation sites excluding steroid dienone is 2. The summed E-state index contributed by atoms with van der Waals surface area (Å²) in [7, 11) is 0. The van der Waals surface area contributed by atoms with Gasteiger partial charge in [0.2, 0.25) is 0 Å². The molecular weight excluding hydrogens is 486 g/mol. The van der Waals surface area contributed by atoms with Crippen LogP contribution in [0.1, 0.15) is 51.1 Å². The van der Waals surface area contributed by atoms with E-state index in [-0.39, 0.29) is 30.0 Å². The SMILES string of the molecule is O=C(NCC1=C(F)CCC=C1F)c1ccc2c(c1)CCCN2Cc1ccc(-c2ccccc2C(=O)O)cc1. The summed E-state index contributed by atoms with van der Waals surface area (Å²) in [6.45, 7) is 1.38. The van der Waals surface area contributed by atoms with Crippen LogP contribution in [0, 0.1) is 0 Å². The van der Waals surface area contributed by atoms with Gasteiger partial charge < -0.3 is 15.3 Å². The Bertz CT molecular complexity index is 1440. The van der Waals surface area contributed by atoms with Crippen molar-refractivity contribution in [2.75, 3.05) is 18.0 Å². The maximum atomic E-state index is 14.0. The first-order valence-corrected chi connectivity index (χ1v) is 12.7. The third kappa shape index (κ3) is 5.37. The molecule has 1 aliphatic heterocycles. The number of nitrogens with zero attached hydrogens (tertiary/aromatic N) is 1. The Morgan fingerprint density at radius 3 is 2.53 bits per heavy atom. The van der Waals surface area contributed by atoms with Gasteiger partial charge >= 0.3 is 5.97 Å². The van der Waals surface area contributed by atoms with E-state index in [1.54, 1.807) is 18.2 Å². The number of carboxylic acids is 1. The largest absolute Gasteiger partial charge is 0.478 e. The predicted molar refractivity (Wildman–Crippen MR) is 144 cm³/mol. The average molecular weight is 515 g/mol. The summed E-state index contributed by atoms with van der Waals surface area (Å²) < 4.78 is 27.9. The lowest BCUT2D eigenvalue weighted by Gasteiger charge is -2.32. The fourth-order valence-electron chi connectivity index (χ4n) is 5.09. The van der Waals surface area contributed by atoms with Crippen LogP contribution in [-0.2, 0) is 13.0 Å². The van der Waals surface area contributed by atoms with Gasteiger partial charge in [-0.1, -0.05) is 42.5 Å². The number of carbonyl (C=O) groups excluding carboxylic acids is 1. The van der Waals surface area contributed by atoms with Gasteiger partial charge in [0, 0.05) is 42.9 Å². The molecule has 2 aliphatic rings. The number of aromatic carboxylic acids is 1. The second-order valence-corrected chi connectivity index (χ2v) is 9.57. The van der Waals surface area contributed by atoms with Gasteiger partial charge in [-0.2, -0.15) is 0 Å². The number of aryl methyl sites for hydroxylation is 1. The molecule has 5 nitrogen and oxygen atoms in total. The van der Waals surface area contributed by atoms with E-state index in [0.717, 1.165) is 41.8 Å². The van der Waals surface area contributed by atoms with E-state index in [1.165, 1.54) is 6.08 Å². The topological polar surface area (TPSA) is 69.6 Å². The fraction of sp³-hybridized carbons (Fsp3) is 0.226. The van der Waals surface area contributed by atoms with Crippen LogP contribution in [0.25, 0.3) is 11.1 Å². The number of hydrogen-bond donors (Lipinski definition) is 2. The maximum Gasteiger partial charge on any atom is 0.336 e. The van der Waals surface area contributed by atoms with Gasteiger partial charge in [0.25, 0.3) is 5.91 Å². The van der Waals surface area contributed by atoms with Crippen molar-refractivity contribution in [1.82, 2.24) is 5.32 Å². The van der Waals surface area contributed by atoms with E-state index in [9.17, 15) is 23.5 Å². The number of fused-ring (bicyclic) bond motifs is 1. The van der Waals surface area contributed by atoms with E-state index in [4.69, 9.17) is 0 Å². The molecule has 194 valence electrons. The summed E-state index contributed by atoms with van der Waals surface area (Å²) in [6, 6.07) is 20.4. The number of nitrogens with one attached hydrogen (secondary N) is 1. The fourth-order valence-corrected chi connectivity index (χ4v) is 5.09. The Labute approximate surface area is 220 Å². The van der Waals surface area contributed by atoms with Gasteiger partial charge in [-0.3, -0.25) is 4.79 Å². The molecule has 3 aromatic carbocycles. The lowest BCUT2D eigenvalue weighted by molar-refractivity contribution is 0.0697. The summed E-state index contributed by atoms with van der Waals surface area (Å²) in [4.78, 5) is 26.6. The van der Waals surface area contributed by atoms with Gasteiger partial charge in [-0.15, -0.1) is 0 Å². The zero-order valence-electron chi connectivity index (χ0n) is 20.8. The number of carboxylic acid groups (broad SMARTS) is 1.